The minimum absolute atomic E-state index is 0.659. The molecule has 3 heteroatoms. The first-order valence-corrected chi connectivity index (χ1v) is 4.17. The van der Waals surface area contributed by atoms with E-state index < -0.39 is 0 Å². The van der Waals surface area contributed by atoms with Gasteiger partial charge >= 0.3 is 0 Å². The Bertz CT molecular complexity index is 135. The molecular formula is C6H10N2S. The van der Waals surface area contributed by atoms with Crippen LogP contribution in [0.4, 0.5) is 0 Å². The van der Waals surface area contributed by atoms with Gasteiger partial charge in [-0.25, -0.2) is 0 Å². The van der Waals surface area contributed by atoms with E-state index in [-0.39, 0.29) is 0 Å². The molecule has 0 saturated carbocycles. The summed E-state index contributed by atoms with van der Waals surface area (Å²) in [5.41, 5.74) is 0. The average Bonchev–Trinajstić information content (AvgIpc) is 2.33. The van der Waals surface area contributed by atoms with Crippen molar-refractivity contribution in [1.82, 2.24) is 10.6 Å². The number of rotatable bonds is 0. The van der Waals surface area contributed by atoms with E-state index in [0.717, 1.165) is 19.1 Å². The molecular weight excluding hydrogens is 132 g/mol. The second kappa shape index (κ2) is 2.33. The van der Waals surface area contributed by atoms with E-state index in [4.69, 9.17) is 0 Å². The SMILES string of the molecule is C1=CC2CNCNC2S1. The van der Waals surface area contributed by atoms with Crippen LogP contribution in [-0.2, 0) is 0 Å². The van der Waals surface area contributed by atoms with E-state index in [1.54, 1.807) is 0 Å². The standard InChI is InChI=1S/C6H10N2S/c1-2-9-6-5(1)3-7-4-8-6/h1-2,5-8H,3-4H2. The summed E-state index contributed by atoms with van der Waals surface area (Å²) in [6.07, 6.45) is 2.27. The number of hydrogen-bond acceptors (Lipinski definition) is 3. The minimum atomic E-state index is 0.659. The summed E-state index contributed by atoms with van der Waals surface area (Å²) in [4.78, 5) is 0. The number of nitrogens with one attached hydrogen (secondary N) is 2. The Morgan fingerprint density at radius 2 is 2.56 bits per heavy atom. The number of hydrogen-bond donors (Lipinski definition) is 2. The molecule has 2 N–H and O–H groups in total. The highest BCUT2D eigenvalue weighted by atomic mass is 32.2. The molecule has 0 aliphatic carbocycles. The van der Waals surface area contributed by atoms with Gasteiger partial charge in [-0.05, 0) is 5.41 Å². The van der Waals surface area contributed by atoms with Gasteiger partial charge in [0.25, 0.3) is 0 Å². The van der Waals surface area contributed by atoms with Crippen LogP contribution in [0.3, 0.4) is 0 Å². The summed E-state index contributed by atoms with van der Waals surface area (Å²) < 4.78 is 0. The normalized spacial score (nSPS) is 40.9. The second-order valence-corrected chi connectivity index (χ2v) is 3.44. The molecule has 50 valence electrons. The molecule has 0 radical (unpaired) electrons. The summed E-state index contributed by atoms with van der Waals surface area (Å²) in [5, 5.41) is 9.50. The highest BCUT2D eigenvalue weighted by Gasteiger charge is 2.25. The van der Waals surface area contributed by atoms with Crippen LogP contribution >= 0.6 is 11.8 Å². The molecule has 0 aromatic rings. The van der Waals surface area contributed by atoms with E-state index in [1.165, 1.54) is 0 Å². The third-order valence-corrected chi connectivity index (χ3v) is 2.87. The Kier molecular flexibility index (Phi) is 1.49. The topological polar surface area (TPSA) is 24.1 Å². The quantitative estimate of drug-likeness (QED) is 0.510. The molecule has 2 unspecified atom stereocenters. The summed E-state index contributed by atoms with van der Waals surface area (Å²) >= 11 is 1.89. The fourth-order valence-corrected chi connectivity index (χ4v) is 2.25. The zero-order valence-corrected chi connectivity index (χ0v) is 5.95. The molecule has 9 heavy (non-hydrogen) atoms. The molecule has 2 nitrogen and oxygen atoms in total. The van der Waals surface area contributed by atoms with Crippen LogP contribution in [0, 0.1) is 5.92 Å². The Hall–Kier alpha value is 0.0100. The number of thioether (sulfide) groups is 1. The van der Waals surface area contributed by atoms with Crippen molar-refractivity contribution in [2.24, 2.45) is 5.92 Å². The molecule has 2 rings (SSSR count). The van der Waals surface area contributed by atoms with Gasteiger partial charge in [0, 0.05) is 19.1 Å². The van der Waals surface area contributed by atoms with Gasteiger partial charge < -0.3 is 5.32 Å². The van der Waals surface area contributed by atoms with Gasteiger partial charge in [0.15, 0.2) is 0 Å². The van der Waals surface area contributed by atoms with Crippen molar-refractivity contribution in [1.29, 1.82) is 0 Å². The maximum atomic E-state index is 3.37. The zero-order valence-electron chi connectivity index (χ0n) is 5.13. The lowest BCUT2D eigenvalue weighted by Gasteiger charge is -2.25. The Morgan fingerprint density at radius 1 is 1.56 bits per heavy atom. The van der Waals surface area contributed by atoms with Crippen molar-refractivity contribution in [3.63, 3.8) is 0 Å². The highest BCUT2D eigenvalue weighted by Crippen LogP contribution is 2.28. The first-order valence-electron chi connectivity index (χ1n) is 3.23. The molecule has 0 bridgehead atoms. The third-order valence-electron chi connectivity index (χ3n) is 1.75. The van der Waals surface area contributed by atoms with E-state index in [1.807, 2.05) is 11.8 Å². The lowest BCUT2D eigenvalue weighted by molar-refractivity contribution is 0.405. The van der Waals surface area contributed by atoms with Crippen LogP contribution in [0.15, 0.2) is 11.5 Å². The van der Waals surface area contributed by atoms with Crippen LogP contribution in [-0.4, -0.2) is 18.6 Å². The van der Waals surface area contributed by atoms with Crippen molar-refractivity contribution in [2.45, 2.75) is 5.37 Å². The first-order chi connectivity index (χ1) is 4.47. The van der Waals surface area contributed by atoms with Crippen LogP contribution in [0.25, 0.3) is 0 Å². The van der Waals surface area contributed by atoms with Crippen LogP contribution < -0.4 is 10.6 Å². The van der Waals surface area contributed by atoms with Crippen molar-refractivity contribution in [2.75, 3.05) is 13.2 Å². The van der Waals surface area contributed by atoms with E-state index in [9.17, 15) is 0 Å². The van der Waals surface area contributed by atoms with Crippen molar-refractivity contribution in [3.05, 3.63) is 11.5 Å². The fraction of sp³-hybridized carbons (Fsp3) is 0.667. The molecule has 0 aromatic carbocycles. The fourth-order valence-electron chi connectivity index (χ4n) is 1.22. The van der Waals surface area contributed by atoms with Crippen LogP contribution in [0.5, 0.6) is 0 Å². The smallest absolute Gasteiger partial charge is 0.0659 e. The molecule has 2 atom stereocenters. The van der Waals surface area contributed by atoms with Gasteiger partial charge in [-0.1, -0.05) is 6.08 Å². The van der Waals surface area contributed by atoms with Gasteiger partial charge in [-0.3, -0.25) is 5.32 Å². The second-order valence-electron chi connectivity index (χ2n) is 2.38. The van der Waals surface area contributed by atoms with Crippen molar-refractivity contribution >= 4 is 11.8 Å². The van der Waals surface area contributed by atoms with Crippen LogP contribution in [0.2, 0.25) is 0 Å². The molecule has 2 aliphatic rings. The lowest BCUT2D eigenvalue weighted by atomic mass is 10.1. The van der Waals surface area contributed by atoms with Crippen molar-refractivity contribution < 1.29 is 0 Å². The first kappa shape index (κ1) is 5.77. The summed E-state index contributed by atoms with van der Waals surface area (Å²) in [5.74, 6) is 0.726. The predicted octanol–water partition coefficient (Wildman–Crippen LogP) is 0.339. The summed E-state index contributed by atoms with van der Waals surface area (Å²) in [6, 6.07) is 0. The molecule has 1 fully saturated rings. The van der Waals surface area contributed by atoms with Crippen LogP contribution in [0.1, 0.15) is 0 Å². The molecule has 2 aliphatic heterocycles. The van der Waals surface area contributed by atoms with E-state index in [2.05, 4.69) is 22.1 Å². The maximum Gasteiger partial charge on any atom is 0.0659 e. The Labute approximate surface area is 59.1 Å². The molecule has 1 saturated heterocycles. The largest absolute Gasteiger partial charge is 0.304 e. The van der Waals surface area contributed by atoms with Gasteiger partial charge in [0.2, 0.25) is 0 Å². The van der Waals surface area contributed by atoms with Gasteiger partial charge in [0.1, 0.15) is 0 Å². The van der Waals surface area contributed by atoms with Crippen molar-refractivity contribution in [3.8, 4) is 0 Å². The van der Waals surface area contributed by atoms with Gasteiger partial charge in [-0.15, -0.1) is 11.8 Å². The molecule has 2 heterocycles. The van der Waals surface area contributed by atoms with Gasteiger partial charge in [-0.2, -0.15) is 0 Å². The number of fused-ring (bicyclic) bond motifs is 1. The maximum absolute atomic E-state index is 3.37. The lowest BCUT2D eigenvalue weighted by Crippen LogP contribution is -2.47. The van der Waals surface area contributed by atoms with Gasteiger partial charge in [0.05, 0.1) is 5.37 Å². The zero-order chi connectivity index (χ0) is 6.10. The van der Waals surface area contributed by atoms with E-state index >= 15 is 0 Å². The Balaban J connectivity index is 2.03. The monoisotopic (exact) mass is 142 g/mol. The molecule has 0 amide bonds. The Morgan fingerprint density at radius 3 is 3.44 bits per heavy atom. The minimum Gasteiger partial charge on any atom is -0.304 e. The summed E-state index contributed by atoms with van der Waals surface area (Å²) in [6.45, 7) is 2.11. The third kappa shape index (κ3) is 1.000. The highest BCUT2D eigenvalue weighted by molar-refractivity contribution is 8.02. The predicted molar refractivity (Wildman–Crippen MR) is 40.0 cm³/mol. The molecule has 0 aromatic heterocycles. The summed E-state index contributed by atoms with van der Waals surface area (Å²) in [7, 11) is 0. The average molecular weight is 142 g/mol. The molecule has 0 spiro atoms. The van der Waals surface area contributed by atoms with E-state index in [0.29, 0.717) is 5.37 Å².